The molecule has 0 radical (unpaired) electrons. The number of ether oxygens (including phenoxy) is 1. The molecule has 1 aromatic rings. The van der Waals surface area contributed by atoms with Gasteiger partial charge in [0.25, 0.3) is 0 Å². The lowest BCUT2D eigenvalue weighted by molar-refractivity contribution is -0.151. The smallest absolute Gasteiger partial charge is 0.309 e. The van der Waals surface area contributed by atoms with Gasteiger partial charge in [0.1, 0.15) is 18.2 Å². The summed E-state index contributed by atoms with van der Waals surface area (Å²) >= 11 is 0. The van der Waals surface area contributed by atoms with Gasteiger partial charge in [-0.05, 0) is 30.9 Å². The van der Waals surface area contributed by atoms with Crippen LogP contribution in [0, 0.1) is 12.8 Å². The molecule has 1 aromatic carbocycles. The third-order valence-corrected chi connectivity index (χ3v) is 8.78. The number of esters is 1. The van der Waals surface area contributed by atoms with Crippen LogP contribution in [0.3, 0.4) is 0 Å². The Bertz CT molecular complexity index is 1030. The third kappa shape index (κ3) is 9.36. The summed E-state index contributed by atoms with van der Waals surface area (Å²) in [5.74, 6) is -1.24. The number of aryl methyl sites for hydroxylation is 1. The highest BCUT2D eigenvalue weighted by Gasteiger charge is 2.33. The van der Waals surface area contributed by atoms with Crippen molar-refractivity contribution in [3.63, 3.8) is 0 Å². The number of benzene rings is 1. The topological polar surface area (TPSA) is 134 Å². The molecule has 4 N–H and O–H groups in total. The first kappa shape index (κ1) is 30.0. The standard InChI is InChI=1S/C27H37N3O6S2/c1-16(2)25-22(31)14-24(33)36-19-9-4-5-10-37-38-15-21(27(35)30-25)29-26(34)20(28-23(32)13-19)12-18-8-6-7-17(3)11-18/h4,6-9,11,16,19-22,25,31H,5,10,12-15H2,1-3H3,(H,28,32)(H,29,34)(H,30,35)/b9-4+/t19-,20-,21+,22+,25-/m1/s1. The van der Waals surface area contributed by atoms with E-state index in [-0.39, 0.29) is 25.2 Å². The van der Waals surface area contributed by atoms with Crippen LogP contribution in [0.25, 0.3) is 0 Å². The molecule has 0 unspecified atom stereocenters. The lowest BCUT2D eigenvalue weighted by Crippen LogP contribution is -2.58. The molecule has 0 aromatic heterocycles. The van der Waals surface area contributed by atoms with E-state index in [1.807, 2.05) is 51.1 Å². The second-order valence-corrected chi connectivity index (χ2v) is 12.6. The van der Waals surface area contributed by atoms with Crippen LogP contribution in [0.4, 0.5) is 0 Å². The Labute approximate surface area is 231 Å². The van der Waals surface area contributed by atoms with Gasteiger partial charge in [0.05, 0.1) is 25.0 Å². The molecule has 0 spiro atoms. The molecule has 9 nitrogen and oxygen atoms in total. The van der Waals surface area contributed by atoms with Crippen LogP contribution >= 0.6 is 21.6 Å². The zero-order valence-electron chi connectivity index (χ0n) is 22.0. The molecule has 3 amide bonds. The first-order chi connectivity index (χ1) is 18.1. The van der Waals surface area contributed by atoms with Gasteiger partial charge >= 0.3 is 5.97 Å². The molecule has 2 aliphatic rings. The molecule has 1 fully saturated rings. The number of allylic oxidation sites excluding steroid dienone is 1. The van der Waals surface area contributed by atoms with Crippen LogP contribution < -0.4 is 16.0 Å². The van der Waals surface area contributed by atoms with Gasteiger partial charge in [-0.2, -0.15) is 0 Å². The Hall–Kier alpha value is -2.50. The Balaban J connectivity index is 1.99. The van der Waals surface area contributed by atoms with Crippen molar-refractivity contribution in [2.75, 3.05) is 11.5 Å². The summed E-state index contributed by atoms with van der Waals surface area (Å²) < 4.78 is 5.56. The van der Waals surface area contributed by atoms with Crippen molar-refractivity contribution in [3.8, 4) is 0 Å². The summed E-state index contributed by atoms with van der Waals surface area (Å²) in [6.07, 6.45) is 1.86. The van der Waals surface area contributed by atoms with E-state index in [9.17, 15) is 24.3 Å². The van der Waals surface area contributed by atoms with Gasteiger partial charge in [0, 0.05) is 17.9 Å². The number of aliphatic hydroxyl groups is 1. The Morgan fingerprint density at radius 1 is 1.05 bits per heavy atom. The first-order valence-corrected chi connectivity index (χ1v) is 15.4. The van der Waals surface area contributed by atoms with Gasteiger partial charge in [-0.1, -0.05) is 71.3 Å². The number of hydrogen-bond acceptors (Lipinski definition) is 8. The van der Waals surface area contributed by atoms with Gasteiger partial charge in [-0.3, -0.25) is 19.2 Å². The molecule has 5 atom stereocenters. The summed E-state index contributed by atoms with van der Waals surface area (Å²) in [4.78, 5) is 52.6. The molecule has 2 aliphatic heterocycles. The van der Waals surface area contributed by atoms with Gasteiger partial charge in [0.15, 0.2) is 0 Å². The average molecular weight is 564 g/mol. The minimum absolute atomic E-state index is 0.175. The zero-order chi connectivity index (χ0) is 27.7. The normalized spacial score (nSPS) is 29.1. The SMILES string of the molecule is Cc1cccc(C[C@H]2NC(=O)C[C@H]3/C=C/CCSSC[C@H](NC2=O)C(=O)N[C@H](C(C)C)[C@@H](O)CC(=O)O3)c1. The summed E-state index contributed by atoms with van der Waals surface area (Å²) in [5, 5.41) is 19.3. The second kappa shape index (κ2) is 14.6. The van der Waals surface area contributed by atoms with Gasteiger partial charge in [0.2, 0.25) is 17.7 Å². The molecule has 3 rings (SSSR count). The molecule has 0 saturated carbocycles. The number of rotatable bonds is 3. The van der Waals surface area contributed by atoms with Crippen LogP contribution in [-0.4, -0.2) is 70.6 Å². The molecule has 11 heteroatoms. The summed E-state index contributed by atoms with van der Waals surface area (Å²) in [7, 11) is 3.03. The number of hydrogen-bond donors (Lipinski definition) is 4. The molecular weight excluding hydrogens is 526 g/mol. The van der Waals surface area contributed by atoms with E-state index >= 15 is 0 Å². The van der Waals surface area contributed by atoms with E-state index in [1.54, 1.807) is 16.9 Å². The fraction of sp³-hybridized carbons (Fsp3) is 0.556. The van der Waals surface area contributed by atoms with E-state index < -0.39 is 54.0 Å². The number of carbonyl (C=O) groups excluding carboxylic acids is 4. The highest BCUT2D eigenvalue weighted by molar-refractivity contribution is 8.76. The van der Waals surface area contributed by atoms with Crippen molar-refractivity contribution in [1.29, 1.82) is 0 Å². The van der Waals surface area contributed by atoms with Crippen LogP contribution in [-0.2, 0) is 30.3 Å². The maximum Gasteiger partial charge on any atom is 0.309 e. The summed E-state index contributed by atoms with van der Waals surface area (Å²) in [6.45, 7) is 5.60. The lowest BCUT2D eigenvalue weighted by Gasteiger charge is -2.29. The number of aliphatic hydroxyl groups excluding tert-OH is 1. The van der Waals surface area contributed by atoms with Crippen molar-refractivity contribution in [2.24, 2.45) is 5.92 Å². The maximum atomic E-state index is 13.5. The van der Waals surface area contributed by atoms with Crippen molar-refractivity contribution < 1.29 is 29.0 Å². The molecule has 2 heterocycles. The van der Waals surface area contributed by atoms with Crippen molar-refractivity contribution >= 4 is 45.3 Å². The quantitative estimate of drug-likeness (QED) is 0.250. The maximum absolute atomic E-state index is 13.5. The van der Waals surface area contributed by atoms with Crippen molar-refractivity contribution in [3.05, 3.63) is 47.5 Å². The average Bonchev–Trinajstić information content (AvgIpc) is 2.84. The third-order valence-electron chi connectivity index (χ3n) is 6.33. The monoisotopic (exact) mass is 563 g/mol. The highest BCUT2D eigenvalue weighted by Crippen LogP contribution is 2.24. The van der Waals surface area contributed by atoms with E-state index in [0.717, 1.165) is 16.9 Å². The summed E-state index contributed by atoms with van der Waals surface area (Å²) in [6, 6.07) is 5.06. The van der Waals surface area contributed by atoms with E-state index in [0.29, 0.717) is 12.2 Å². The molecule has 1 saturated heterocycles. The highest BCUT2D eigenvalue weighted by atomic mass is 33.1. The number of carbonyl (C=O) groups is 4. The van der Waals surface area contributed by atoms with Crippen LogP contribution in [0.1, 0.15) is 44.2 Å². The number of amides is 3. The van der Waals surface area contributed by atoms with Gasteiger partial charge < -0.3 is 25.8 Å². The minimum Gasteiger partial charge on any atom is -0.457 e. The summed E-state index contributed by atoms with van der Waals surface area (Å²) in [5.41, 5.74) is 1.88. The molecule has 0 aliphatic carbocycles. The van der Waals surface area contributed by atoms with E-state index in [1.165, 1.54) is 10.8 Å². The fourth-order valence-electron chi connectivity index (χ4n) is 4.35. The minimum atomic E-state index is -1.20. The zero-order valence-corrected chi connectivity index (χ0v) is 23.6. The second-order valence-electron chi connectivity index (χ2n) is 9.98. The van der Waals surface area contributed by atoms with Crippen LogP contribution in [0.2, 0.25) is 0 Å². The Morgan fingerprint density at radius 3 is 2.58 bits per heavy atom. The number of fused-ring (bicyclic) bond motifs is 7. The predicted molar refractivity (Wildman–Crippen MR) is 149 cm³/mol. The van der Waals surface area contributed by atoms with Crippen LogP contribution in [0.15, 0.2) is 36.4 Å². The predicted octanol–water partition coefficient (Wildman–Crippen LogP) is 2.06. The van der Waals surface area contributed by atoms with E-state index in [4.69, 9.17) is 4.74 Å². The lowest BCUT2D eigenvalue weighted by atomic mass is 9.96. The number of nitrogens with one attached hydrogen (secondary N) is 3. The Morgan fingerprint density at radius 2 is 1.84 bits per heavy atom. The fourth-order valence-corrected chi connectivity index (χ4v) is 6.51. The largest absolute Gasteiger partial charge is 0.457 e. The van der Waals surface area contributed by atoms with Crippen molar-refractivity contribution in [2.45, 2.75) is 76.8 Å². The molecule has 208 valence electrons. The van der Waals surface area contributed by atoms with Gasteiger partial charge in [-0.25, -0.2) is 0 Å². The molecular formula is C27H37N3O6S2. The Kier molecular flexibility index (Phi) is 11.5. The van der Waals surface area contributed by atoms with Gasteiger partial charge in [-0.15, -0.1) is 0 Å². The molecule has 2 bridgehead atoms. The first-order valence-electron chi connectivity index (χ1n) is 12.9. The van der Waals surface area contributed by atoms with E-state index in [2.05, 4.69) is 16.0 Å². The molecule has 38 heavy (non-hydrogen) atoms. The van der Waals surface area contributed by atoms with Crippen molar-refractivity contribution in [1.82, 2.24) is 16.0 Å². The van der Waals surface area contributed by atoms with Crippen LogP contribution in [0.5, 0.6) is 0 Å².